The zero-order chi connectivity index (χ0) is 23.5. The molecule has 4 rings (SSSR count). The Morgan fingerprint density at radius 2 is 1.82 bits per heavy atom. The lowest BCUT2D eigenvalue weighted by Crippen LogP contribution is -2.50. The van der Waals surface area contributed by atoms with Crippen molar-refractivity contribution in [2.75, 3.05) is 44.7 Å². The van der Waals surface area contributed by atoms with Crippen LogP contribution in [0.3, 0.4) is 0 Å². The van der Waals surface area contributed by atoms with E-state index in [0.29, 0.717) is 38.1 Å². The molecule has 3 aromatic rings. The molecule has 0 radical (unpaired) electrons. The number of pyridine rings is 1. The van der Waals surface area contributed by atoms with Crippen LogP contribution in [0.4, 0.5) is 15.8 Å². The first-order chi connectivity index (χ1) is 15.8. The number of nitro groups is 1. The van der Waals surface area contributed by atoms with Crippen LogP contribution in [0.15, 0.2) is 54.9 Å². The Kier molecular flexibility index (Phi) is 6.50. The van der Waals surface area contributed by atoms with Gasteiger partial charge >= 0.3 is 0 Å². The van der Waals surface area contributed by atoms with Crippen molar-refractivity contribution in [3.05, 3.63) is 76.4 Å². The largest absolute Gasteiger partial charge is 0.368 e. The van der Waals surface area contributed by atoms with Gasteiger partial charge in [0.25, 0.3) is 5.69 Å². The van der Waals surface area contributed by atoms with Gasteiger partial charge in [-0.1, -0.05) is 12.1 Å². The average molecular weight is 452 g/mol. The first kappa shape index (κ1) is 22.6. The van der Waals surface area contributed by atoms with Crippen molar-refractivity contribution in [1.82, 2.24) is 14.8 Å². The number of carbonyl (C=O) groups excluding carboxylic acids is 1. The number of likely N-dealkylation sites (N-methyl/N-ethyl adjacent to an activating group) is 1. The molecule has 1 aliphatic rings. The first-order valence-corrected chi connectivity index (χ1v) is 10.8. The SMILES string of the molecule is C[C@H](c1ccc(F)cc1)N(C)C(=O)CN1CCN(c2ccc([N+](=O)[O-])c3cnccc23)CC1. The highest BCUT2D eigenvalue weighted by Crippen LogP contribution is 2.33. The predicted molar refractivity (Wildman–Crippen MR) is 125 cm³/mol. The summed E-state index contributed by atoms with van der Waals surface area (Å²) in [6.45, 7) is 5.06. The van der Waals surface area contributed by atoms with Crippen LogP contribution in [0.2, 0.25) is 0 Å². The number of hydrogen-bond donors (Lipinski definition) is 0. The number of aromatic nitrogens is 1. The molecule has 8 nitrogen and oxygen atoms in total. The van der Waals surface area contributed by atoms with Gasteiger partial charge < -0.3 is 9.80 Å². The van der Waals surface area contributed by atoms with Crippen LogP contribution in [0.25, 0.3) is 10.8 Å². The lowest BCUT2D eigenvalue weighted by atomic mass is 10.1. The van der Waals surface area contributed by atoms with Gasteiger partial charge in [-0.2, -0.15) is 0 Å². The minimum atomic E-state index is -0.388. The van der Waals surface area contributed by atoms with Crippen LogP contribution in [0.5, 0.6) is 0 Å². The van der Waals surface area contributed by atoms with Crippen molar-refractivity contribution in [2.24, 2.45) is 0 Å². The maximum Gasteiger partial charge on any atom is 0.278 e. The van der Waals surface area contributed by atoms with Crippen LogP contribution < -0.4 is 4.90 Å². The van der Waals surface area contributed by atoms with E-state index in [2.05, 4.69) is 14.8 Å². The predicted octanol–water partition coefficient (Wildman–Crippen LogP) is 3.62. The van der Waals surface area contributed by atoms with Crippen molar-refractivity contribution in [2.45, 2.75) is 13.0 Å². The number of carbonyl (C=O) groups is 1. The lowest BCUT2D eigenvalue weighted by Gasteiger charge is -2.37. The summed E-state index contributed by atoms with van der Waals surface area (Å²) >= 11 is 0. The molecule has 1 aromatic heterocycles. The second-order valence-corrected chi connectivity index (χ2v) is 8.28. The molecule has 0 spiro atoms. The number of hydrogen-bond acceptors (Lipinski definition) is 6. The molecular formula is C24H26FN5O3. The van der Waals surface area contributed by atoms with Crippen molar-refractivity contribution in [3.63, 3.8) is 0 Å². The van der Waals surface area contributed by atoms with Crippen LogP contribution >= 0.6 is 0 Å². The summed E-state index contributed by atoms with van der Waals surface area (Å²) in [6, 6.07) is 11.2. The second-order valence-electron chi connectivity index (χ2n) is 8.28. The molecule has 0 aliphatic carbocycles. The molecule has 0 bridgehead atoms. The minimum Gasteiger partial charge on any atom is -0.368 e. The van der Waals surface area contributed by atoms with Gasteiger partial charge in [-0.25, -0.2) is 4.39 Å². The second kappa shape index (κ2) is 9.50. The van der Waals surface area contributed by atoms with Gasteiger partial charge in [0.1, 0.15) is 5.82 Å². The van der Waals surface area contributed by atoms with Crippen LogP contribution in [0.1, 0.15) is 18.5 Å². The van der Waals surface area contributed by atoms with E-state index in [-0.39, 0.29) is 28.4 Å². The number of fused-ring (bicyclic) bond motifs is 1. The Hall–Kier alpha value is -3.59. The van der Waals surface area contributed by atoms with E-state index in [0.717, 1.165) is 16.6 Å². The van der Waals surface area contributed by atoms with E-state index in [1.54, 1.807) is 42.4 Å². The zero-order valence-electron chi connectivity index (χ0n) is 18.6. The number of nitro benzene ring substituents is 1. The fourth-order valence-corrected chi connectivity index (χ4v) is 4.22. The van der Waals surface area contributed by atoms with Gasteiger partial charge in [-0.15, -0.1) is 0 Å². The molecule has 1 fully saturated rings. The third kappa shape index (κ3) is 4.78. The molecule has 172 valence electrons. The van der Waals surface area contributed by atoms with Gasteiger partial charge in [0.15, 0.2) is 0 Å². The summed E-state index contributed by atoms with van der Waals surface area (Å²) in [4.78, 5) is 33.9. The minimum absolute atomic E-state index is 0.00661. The monoisotopic (exact) mass is 451 g/mol. The molecule has 0 unspecified atom stereocenters. The molecule has 9 heteroatoms. The Bertz CT molecular complexity index is 1160. The summed E-state index contributed by atoms with van der Waals surface area (Å²) in [5.74, 6) is -0.290. The standard InChI is InChI=1S/C24H26FN5O3/c1-17(18-3-5-19(25)6-4-18)27(2)24(31)16-28-11-13-29(14-12-28)22-7-8-23(30(32)33)21-15-26-10-9-20(21)22/h3-10,15,17H,11-14,16H2,1-2H3/t17-/m1/s1. The van der Waals surface area contributed by atoms with E-state index in [1.165, 1.54) is 24.4 Å². The van der Waals surface area contributed by atoms with Crippen molar-refractivity contribution in [1.29, 1.82) is 0 Å². The molecule has 2 aromatic carbocycles. The maximum atomic E-state index is 13.2. The fourth-order valence-electron chi connectivity index (χ4n) is 4.22. The highest BCUT2D eigenvalue weighted by atomic mass is 19.1. The van der Waals surface area contributed by atoms with E-state index in [4.69, 9.17) is 0 Å². The molecule has 0 saturated carbocycles. The number of anilines is 1. The number of piperazine rings is 1. The van der Waals surface area contributed by atoms with Crippen molar-refractivity contribution < 1.29 is 14.1 Å². The number of halogens is 1. The van der Waals surface area contributed by atoms with Crippen LogP contribution in [0, 0.1) is 15.9 Å². The summed E-state index contributed by atoms with van der Waals surface area (Å²) in [7, 11) is 1.77. The molecule has 1 aliphatic heterocycles. The molecule has 1 amide bonds. The van der Waals surface area contributed by atoms with Gasteiger partial charge in [0, 0.05) is 62.8 Å². The average Bonchev–Trinajstić information content (AvgIpc) is 2.83. The number of amides is 1. The summed E-state index contributed by atoms with van der Waals surface area (Å²) < 4.78 is 13.2. The molecule has 0 N–H and O–H groups in total. The van der Waals surface area contributed by atoms with Gasteiger partial charge in [-0.3, -0.25) is 24.8 Å². The lowest BCUT2D eigenvalue weighted by molar-refractivity contribution is -0.383. The van der Waals surface area contributed by atoms with Gasteiger partial charge in [0.05, 0.1) is 22.9 Å². The number of nitrogens with zero attached hydrogens (tertiary/aromatic N) is 5. The maximum absolute atomic E-state index is 13.2. The third-order valence-corrected chi connectivity index (χ3v) is 6.37. The number of benzene rings is 2. The van der Waals surface area contributed by atoms with Gasteiger partial charge in [0.2, 0.25) is 5.91 Å². The fraction of sp³-hybridized carbons (Fsp3) is 0.333. The quantitative estimate of drug-likeness (QED) is 0.421. The Labute approximate surface area is 191 Å². The van der Waals surface area contributed by atoms with Crippen molar-refractivity contribution >= 4 is 28.1 Å². The van der Waals surface area contributed by atoms with Gasteiger partial charge in [-0.05, 0) is 36.8 Å². The number of rotatable bonds is 6. The Morgan fingerprint density at radius 1 is 1.12 bits per heavy atom. The molecule has 33 heavy (non-hydrogen) atoms. The summed E-state index contributed by atoms with van der Waals surface area (Å²) in [6.07, 6.45) is 3.17. The van der Waals surface area contributed by atoms with E-state index < -0.39 is 0 Å². The molecule has 2 heterocycles. The first-order valence-electron chi connectivity index (χ1n) is 10.8. The van der Waals surface area contributed by atoms with E-state index >= 15 is 0 Å². The van der Waals surface area contributed by atoms with Crippen LogP contribution in [-0.4, -0.2) is 65.4 Å². The smallest absolute Gasteiger partial charge is 0.278 e. The summed E-state index contributed by atoms with van der Waals surface area (Å²) in [5.41, 5.74) is 1.87. The zero-order valence-corrected chi connectivity index (χ0v) is 18.6. The van der Waals surface area contributed by atoms with Crippen LogP contribution in [-0.2, 0) is 4.79 Å². The molecular weight excluding hydrogens is 425 g/mol. The van der Waals surface area contributed by atoms with Crippen molar-refractivity contribution in [3.8, 4) is 0 Å². The summed E-state index contributed by atoms with van der Waals surface area (Å²) in [5, 5.41) is 12.7. The number of non-ortho nitro benzene ring substituents is 1. The normalized spacial score (nSPS) is 15.4. The van der Waals surface area contributed by atoms with E-state index in [1.807, 2.05) is 6.92 Å². The van der Waals surface area contributed by atoms with E-state index in [9.17, 15) is 19.3 Å². The highest BCUT2D eigenvalue weighted by Gasteiger charge is 2.25. The highest BCUT2D eigenvalue weighted by molar-refractivity contribution is 5.99. The topological polar surface area (TPSA) is 82.8 Å². The molecule has 1 atom stereocenters. The Morgan fingerprint density at radius 3 is 2.48 bits per heavy atom. The third-order valence-electron chi connectivity index (χ3n) is 6.37. The Balaban J connectivity index is 1.39. The molecule has 1 saturated heterocycles.